The Kier molecular flexibility index (Phi) is 12.3. The third-order valence-electron chi connectivity index (χ3n) is 9.10. The Hall–Kier alpha value is -3.34. The first-order valence-electron chi connectivity index (χ1n) is 15.7. The van der Waals surface area contributed by atoms with E-state index in [0.717, 1.165) is 38.0 Å². The van der Waals surface area contributed by atoms with Crippen LogP contribution in [0.2, 0.25) is 0 Å². The van der Waals surface area contributed by atoms with Crippen LogP contribution in [0.4, 0.5) is 0 Å². The van der Waals surface area contributed by atoms with Gasteiger partial charge in [0.1, 0.15) is 12.7 Å². The van der Waals surface area contributed by atoms with Crippen LogP contribution < -0.4 is 14.2 Å². The molecule has 2 aliphatic rings. The van der Waals surface area contributed by atoms with Crippen LogP contribution in [0.5, 0.6) is 17.2 Å². The second-order valence-electron chi connectivity index (χ2n) is 11.9. The Labute approximate surface area is 260 Å². The Bertz CT molecular complexity index is 1220. The normalized spacial score (nSPS) is 21.8. The summed E-state index contributed by atoms with van der Waals surface area (Å²) >= 11 is 0. The second-order valence-corrected chi connectivity index (χ2v) is 11.9. The summed E-state index contributed by atoms with van der Waals surface area (Å²) in [4.78, 5) is 31.0. The zero-order valence-electron chi connectivity index (χ0n) is 26.3. The molecule has 2 aromatic rings. The number of methoxy groups -OCH3 is 3. The van der Waals surface area contributed by atoms with Crippen molar-refractivity contribution in [2.45, 2.75) is 70.1 Å². The average molecular weight is 613 g/mol. The smallest absolute Gasteiger partial charge is 0.312 e. The van der Waals surface area contributed by atoms with Gasteiger partial charge in [0.15, 0.2) is 11.5 Å². The minimum Gasteiger partial charge on any atom is -0.493 e. The molecule has 0 bridgehead atoms. The van der Waals surface area contributed by atoms with Crippen LogP contribution in [0.3, 0.4) is 0 Å². The molecule has 44 heavy (non-hydrogen) atoms. The fraction of sp³-hybridized carbons (Fsp3) is 0.588. The zero-order valence-corrected chi connectivity index (χ0v) is 26.3. The maximum absolute atomic E-state index is 13.5. The molecule has 0 aliphatic carbocycles. The summed E-state index contributed by atoms with van der Waals surface area (Å²) in [7, 11) is 4.66. The van der Waals surface area contributed by atoms with E-state index in [1.807, 2.05) is 24.3 Å². The maximum Gasteiger partial charge on any atom is 0.312 e. The molecule has 1 amide bonds. The summed E-state index contributed by atoms with van der Waals surface area (Å²) in [5.74, 6) is 1.23. The van der Waals surface area contributed by atoms with Crippen LogP contribution in [0.1, 0.15) is 56.1 Å². The van der Waals surface area contributed by atoms with Crippen LogP contribution in [-0.2, 0) is 27.3 Å². The first kappa shape index (κ1) is 33.6. The van der Waals surface area contributed by atoms with Gasteiger partial charge < -0.3 is 34.1 Å². The number of likely N-dealkylation sites (tertiary alicyclic amines) is 1. The molecule has 2 aromatic carbocycles. The van der Waals surface area contributed by atoms with Gasteiger partial charge in [-0.15, -0.1) is 0 Å². The molecule has 2 aliphatic heterocycles. The van der Waals surface area contributed by atoms with Crippen molar-refractivity contribution in [1.82, 2.24) is 9.80 Å². The van der Waals surface area contributed by atoms with E-state index in [-0.39, 0.29) is 31.3 Å². The summed E-state index contributed by atoms with van der Waals surface area (Å²) in [5.41, 5.74) is 1.44. The number of carbonyl (C=O) groups excluding carboxylic acids is 2. The topological polar surface area (TPSA) is 118 Å². The summed E-state index contributed by atoms with van der Waals surface area (Å²) in [6.07, 6.45) is 2.04. The van der Waals surface area contributed by atoms with Gasteiger partial charge in [-0.1, -0.05) is 42.8 Å². The molecule has 242 valence electrons. The highest BCUT2D eigenvalue weighted by Crippen LogP contribution is 2.41. The monoisotopic (exact) mass is 612 g/mol. The zero-order chi connectivity index (χ0) is 31.5. The third kappa shape index (κ3) is 8.43. The Morgan fingerprint density at radius 1 is 0.886 bits per heavy atom. The van der Waals surface area contributed by atoms with Gasteiger partial charge in [0.2, 0.25) is 11.7 Å². The first-order chi connectivity index (χ1) is 21.3. The Morgan fingerprint density at radius 3 is 2.30 bits per heavy atom. The number of esters is 1. The quantitative estimate of drug-likeness (QED) is 0.431. The van der Waals surface area contributed by atoms with Crippen molar-refractivity contribution in [1.29, 1.82) is 0 Å². The first-order valence-corrected chi connectivity index (χ1v) is 15.7. The fourth-order valence-corrected chi connectivity index (χ4v) is 6.33. The lowest BCUT2D eigenvalue weighted by Crippen LogP contribution is -2.45. The molecule has 2 fully saturated rings. The number of cyclic esters (lactones) is 1. The van der Waals surface area contributed by atoms with Crippen molar-refractivity contribution in [2.75, 3.05) is 54.1 Å². The molecule has 2 atom stereocenters. The second kappa shape index (κ2) is 16.1. The van der Waals surface area contributed by atoms with E-state index in [1.54, 1.807) is 32.3 Å². The third-order valence-corrected chi connectivity index (χ3v) is 9.10. The number of nitrogens with zero attached hydrogens (tertiary/aromatic N) is 2. The lowest BCUT2D eigenvalue weighted by Gasteiger charge is -2.40. The number of aryl methyl sites for hydroxylation is 1. The van der Waals surface area contributed by atoms with Crippen LogP contribution in [0.25, 0.3) is 0 Å². The minimum atomic E-state index is -1.22. The highest BCUT2D eigenvalue weighted by atomic mass is 16.5. The predicted octanol–water partition coefficient (Wildman–Crippen LogP) is 3.60. The number of hydrogen-bond acceptors (Lipinski definition) is 9. The van der Waals surface area contributed by atoms with Gasteiger partial charge in [-0.05, 0) is 68.8 Å². The Balaban J connectivity index is 1.40. The van der Waals surface area contributed by atoms with Crippen molar-refractivity contribution < 1.29 is 38.7 Å². The van der Waals surface area contributed by atoms with Gasteiger partial charge in [-0.3, -0.25) is 14.5 Å². The van der Waals surface area contributed by atoms with Crippen molar-refractivity contribution in [2.24, 2.45) is 5.41 Å². The van der Waals surface area contributed by atoms with E-state index in [1.165, 1.54) is 5.56 Å². The summed E-state index contributed by atoms with van der Waals surface area (Å²) in [6.45, 7) is 2.94. The number of rotatable bonds is 8. The van der Waals surface area contributed by atoms with Crippen molar-refractivity contribution >= 4 is 11.9 Å². The van der Waals surface area contributed by atoms with Gasteiger partial charge in [0.05, 0.1) is 32.8 Å². The van der Waals surface area contributed by atoms with E-state index in [2.05, 4.69) is 17.0 Å². The summed E-state index contributed by atoms with van der Waals surface area (Å²) in [5, 5.41) is 21.2. The summed E-state index contributed by atoms with van der Waals surface area (Å²) in [6, 6.07) is 14.0. The van der Waals surface area contributed by atoms with Gasteiger partial charge in [0.25, 0.3) is 0 Å². The van der Waals surface area contributed by atoms with E-state index >= 15 is 0 Å². The van der Waals surface area contributed by atoms with Gasteiger partial charge >= 0.3 is 5.97 Å². The SMILES string of the molecule is COc1ccc(CCC(=O)N2CCCCC3(CCN(Cc4ccccc4)CC3)C(=O)OC[C@@H](O)[C@@H](O)CC2)c(OC)c1OC. The van der Waals surface area contributed by atoms with Crippen LogP contribution in [0, 0.1) is 5.41 Å². The number of ether oxygens (including phenoxy) is 4. The number of aliphatic hydroxyl groups excluding tert-OH is 2. The molecular formula is C34H48N2O8. The van der Waals surface area contributed by atoms with Gasteiger partial charge in [-0.2, -0.15) is 0 Å². The molecule has 1 spiro atoms. The van der Waals surface area contributed by atoms with E-state index in [9.17, 15) is 19.8 Å². The molecule has 4 rings (SSSR count). The van der Waals surface area contributed by atoms with Gasteiger partial charge in [-0.25, -0.2) is 0 Å². The highest BCUT2D eigenvalue weighted by Gasteiger charge is 2.42. The number of hydrogen-bond donors (Lipinski definition) is 2. The molecule has 2 heterocycles. The molecule has 10 heteroatoms. The molecule has 10 nitrogen and oxygen atoms in total. The van der Waals surface area contributed by atoms with Crippen molar-refractivity contribution in [3.8, 4) is 17.2 Å². The molecule has 0 saturated carbocycles. The number of piperidine rings is 1. The van der Waals surface area contributed by atoms with E-state index < -0.39 is 17.6 Å². The molecular weight excluding hydrogens is 564 g/mol. The lowest BCUT2D eigenvalue weighted by molar-refractivity contribution is -0.165. The largest absolute Gasteiger partial charge is 0.493 e. The highest BCUT2D eigenvalue weighted by molar-refractivity contribution is 5.77. The standard InChI is InChI=1S/C34H48N2O8/c1-41-29-13-11-26(31(42-2)32(29)43-3)12-14-30(39)36-19-8-7-16-34(33(40)44-24-28(38)27(37)15-20-36)17-21-35(22-18-34)23-25-9-5-4-6-10-25/h4-6,9-11,13,27-28,37-38H,7-8,12,14-24H2,1-3H3/t27-,28+/m0/s1. The van der Waals surface area contributed by atoms with E-state index in [0.29, 0.717) is 56.0 Å². The number of carbonyl (C=O) groups is 2. The van der Waals surface area contributed by atoms with Gasteiger partial charge in [0, 0.05) is 26.1 Å². The number of amides is 1. The van der Waals surface area contributed by atoms with Crippen LogP contribution in [-0.4, -0.2) is 98.2 Å². The molecule has 0 unspecified atom stereocenters. The van der Waals surface area contributed by atoms with E-state index in [4.69, 9.17) is 18.9 Å². The fourth-order valence-electron chi connectivity index (χ4n) is 6.33. The maximum atomic E-state index is 13.5. The molecule has 0 radical (unpaired) electrons. The Morgan fingerprint density at radius 2 is 1.61 bits per heavy atom. The molecule has 2 N–H and O–H groups in total. The average Bonchev–Trinajstić information content (AvgIpc) is 3.06. The van der Waals surface area contributed by atoms with Crippen molar-refractivity contribution in [3.05, 3.63) is 53.6 Å². The number of benzene rings is 2. The lowest BCUT2D eigenvalue weighted by atomic mass is 9.74. The molecule has 0 aromatic heterocycles. The van der Waals surface area contributed by atoms with Crippen LogP contribution in [0.15, 0.2) is 42.5 Å². The molecule has 2 saturated heterocycles. The number of aliphatic hydroxyl groups is 2. The predicted molar refractivity (Wildman–Crippen MR) is 166 cm³/mol. The van der Waals surface area contributed by atoms with Crippen molar-refractivity contribution in [3.63, 3.8) is 0 Å². The minimum absolute atomic E-state index is 0.0466. The van der Waals surface area contributed by atoms with Crippen LogP contribution >= 0.6 is 0 Å². The summed E-state index contributed by atoms with van der Waals surface area (Å²) < 4.78 is 22.1.